The molecule has 0 amide bonds. The van der Waals surface area contributed by atoms with Crippen LogP contribution in [0.2, 0.25) is 0 Å². The van der Waals surface area contributed by atoms with Gasteiger partial charge in [0.15, 0.2) is 6.10 Å². The van der Waals surface area contributed by atoms with Gasteiger partial charge in [0.05, 0.1) is 6.61 Å². The van der Waals surface area contributed by atoms with Crippen molar-refractivity contribution in [3.8, 4) is 0 Å². The minimum absolute atomic E-state index is 0.0740. The topological polar surface area (TPSA) is 72.8 Å². The Hall–Kier alpha value is -3.70. The van der Waals surface area contributed by atoms with E-state index in [1.54, 1.807) is 0 Å². The third-order valence-electron chi connectivity index (χ3n) is 14.7. The summed E-state index contributed by atoms with van der Waals surface area (Å²) in [4.78, 5) is 24.6. The first kappa shape index (κ1) is 76.3. The van der Waals surface area contributed by atoms with Gasteiger partial charge in [0.2, 0.25) is 0 Å². The Morgan fingerprint density at radius 2 is 0.537 bits per heavy atom. The predicted molar refractivity (Wildman–Crippen MR) is 352 cm³/mol. The Bertz CT molecular complexity index is 1590. The molecule has 1 N–H and O–H groups in total. The third kappa shape index (κ3) is 66.8. The van der Waals surface area contributed by atoms with Crippen molar-refractivity contribution in [3.05, 3.63) is 122 Å². The molecule has 458 valence electrons. The number of aliphatic hydroxyl groups is 1. The number of allylic oxidation sites excluding steroid dienone is 20. The lowest BCUT2D eigenvalue weighted by atomic mass is 10.0. The molecule has 0 aliphatic carbocycles. The summed E-state index contributed by atoms with van der Waals surface area (Å²) in [5.41, 5.74) is 0. The lowest BCUT2D eigenvalue weighted by molar-refractivity contribution is -0.161. The van der Waals surface area contributed by atoms with E-state index in [1.165, 1.54) is 193 Å². The summed E-state index contributed by atoms with van der Waals surface area (Å²) in [5.74, 6) is -0.598. The van der Waals surface area contributed by atoms with Gasteiger partial charge in [0.25, 0.3) is 0 Å². The van der Waals surface area contributed by atoms with Crippen LogP contribution in [-0.4, -0.2) is 36.4 Å². The quantitative estimate of drug-likeness (QED) is 0.0373. The molecule has 0 saturated carbocycles. The van der Waals surface area contributed by atoms with Crippen LogP contribution in [-0.2, 0) is 19.1 Å². The fraction of sp³-hybridized carbons (Fsp3) is 0.707. The molecular formula is C75H128O5. The lowest BCUT2D eigenvalue weighted by Gasteiger charge is -2.15. The second-order valence-electron chi connectivity index (χ2n) is 22.5. The number of carbonyl (C=O) groups excluding carboxylic acids is 2. The first-order chi connectivity index (χ1) is 39.6. The maximum atomic E-state index is 12.3. The second kappa shape index (κ2) is 69.6. The zero-order chi connectivity index (χ0) is 57.6. The Morgan fingerprint density at radius 3 is 0.812 bits per heavy atom. The normalized spacial score (nSPS) is 13.0. The fourth-order valence-corrected chi connectivity index (χ4v) is 9.66. The van der Waals surface area contributed by atoms with E-state index < -0.39 is 6.10 Å². The Balaban J connectivity index is 3.48. The Morgan fingerprint density at radius 1 is 0.300 bits per heavy atom. The number of carbonyl (C=O) groups is 2. The van der Waals surface area contributed by atoms with Crippen LogP contribution in [0.25, 0.3) is 0 Å². The standard InChI is InChI=1S/C75H128O5/c1-3-5-7-9-11-13-15-17-19-21-23-25-27-29-31-33-34-35-36-37-38-39-40-42-43-45-47-49-51-53-55-57-59-61-63-65-67-69-74(77)79-72-73(71-76)80-75(78)70-68-66-64-62-60-58-56-54-52-50-48-46-44-41-32-30-28-26-24-22-20-18-16-14-12-10-8-6-4-2/h6,8,12,14-15,17-18,20-21,23-24,26-27,29-30,32,44,46,50,52,73,76H,3-5,7,9-11,13,16,19,22,25,28,31,33-43,45,47-49,51,53-72H2,1-2H3/b8-6-,14-12-,17-15-,20-18-,23-21-,26-24-,29-27-,32-30-,46-44-,52-50-. The molecule has 5 nitrogen and oxygen atoms in total. The van der Waals surface area contributed by atoms with Crippen molar-refractivity contribution in [2.75, 3.05) is 13.2 Å². The first-order valence-electron chi connectivity index (χ1n) is 34.1. The van der Waals surface area contributed by atoms with Crippen molar-refractivity contribution < 1.29 is 24.2 Å². The van der Waals surface area contributed by atoms with Crippen molar-refractivity contribution in [3.63, 3.8) is 0 Å². The molecular weight excluding hydrogens is 981 g/mol. The summed E-state index contributed by atoms with van der Waals surface area (Å²) >= 11 is 0. The van der Waals surface area contributed by atoms with Gasteiger partial charge < -0.3 is 14.6 Å². The molecule has 0 heterocycles. The van der Waals surface area contributed by atoms with Gasteiger partial charge in [-0.15, -0.1) is 0 Å². The van der Waals surface area contributed by atoms with Gasteiger partial charge in [-0.3, -0.25) is 9.59 Å². The minimum atomic E-state index is -0.786. The van der Waals surface area contributed by atoms with E-state index in [0.29, 0.717) is 12.8 Å². The smallest absolute Gasteiger partial charge is 0.306 e. The molecule has 0 fully saturated rings. The number of hydrogen-bond donors (Lipinski definition) is 1. The average molecular weight is 1110 g/mol. The van der Waals surface area contributed by atoms with E-state index >= 15 is 0 Å². The number of unbranched alkanes of at least 4 members (excludes halogenated alkanes) is 34. The van der Waals surface area contributed by atoms with Gasteiger partial charge in [-0.25, -0.2) is 0 Å². The number of aliphatic hydroxyl groups excluding tert-OH is 1. The van der Waals surface area contributed by atoms with Gasteiger partial charge in [0, 0.05) is 12.8 Å². The molecule has 1 unspecified atom stereocenters. The third-order valence-corrected chi connectivity index (χ3v) is 14.7. The van der Waals surface area contributed by atoms with Gasteiger partial charge in [-0.05, 0) is 109 Å². The highest BCUT2D eigenvalue weighted by atomic mass is 16.6. The van der Waals surface area contributed by atoms with Gasteiger partial charge in [0.1, 0.15) is 6.61 Å². The zero-order valence-corrected chi connectivity index (χ0v) is 52.6. The van der Waals surface area contributed by atoms with Crippen molar-refractivity contribution in [2.24, 2.45) is 0 Å². The molecule has 0 aromatic carbocycles. The van der Waals surface area contributed by atoms with E-state index in [9.17, 15) is 14.7 Å². The van der Waals surface area contributed by atoms with Gasteiger partial charge in [-0.1, -0.05) is 322 Å². The molecule has 0 aromatic rings. The number of hydrogen-bond acceptors (Lipinski definition) is 5. The van der Waals surface area contributed by atoms with E-state index in [0.717, 1.165) is 103 Å². The van der Waals surface area contributed by atoms with Crippen molar-refractivity contribution in [1.29, 1.82) is 0 Å². The molecule has 80 heavy (non-hydrogen) atoms. The second-order valence-corrected chi connectivity index (χ2v) is 22.5. The number of rotatable bonds is 62. The van der Waals surface area contributed by atoms with Crippen LogP contribution in [0, 0.1) is 0 Å². The Labute approximate surface area is 496 Å². The van der Waals surface area contributed by atoms with Crippen LogP contribution >= 0.6 is 0 Å². The molecule has 1 atom stereocenters. The average Bonchev–Trinajstić information content (AvgIpc) is 3.46. The molecule has 0 radical (unpaired) electrons. The maximum absolute atomic E-state index is 12.3. The highest BCUT2D eigenvalue weighted by Gasteiger charge is 2.16. The SMILES string of the molecule is CC/C=C\C/C=C\C/C=C\C/C=C\C/C=C\C/C=C\C/C=C\CCCCCCCCCC(=O)OC(CO)COC(=O)CCCCCCCCCCCCCCCCCCCCCCCC/C=C\C/C=C\C/C=C\CCCCCCC. The highest BCUT2D eigenvalue weighted by Crippen LogP contribution is 2.17. The lowest BCUT2D eigenvalue weighted by Crippen LogP contribution is -2.28. The predicted octanol–water partition coefficient (Wildman–Crippen LogP) is 23.8. The van der Waals surface area contributed by atoms with Gasteiger partial charge >= 0.3 is 11.9 Å². The molecule has 0 aliphatic rings. The van der Waals surface area contributed by atoms with Crippen molar-refractivity contribution in [2.45, 2.75) is 328 Å². The van der Waals surface area contributed by atoms with Crippen LogP contribution in [0.1, 0.15) is 322 Å². The minimum Gasteiger partial charge on any atom is -0.462 e. The summed E-state index contributed by atoms with van der Waals surface area (Å²) in [5, 5.41) is 9.69. The highest BCUT2D eigenvalue weighted by molar-refractivity contribution is 5.70. The van der Waals surface area contributed by atoms with E-state index in [1.807, 2.05) is 0 Å². The fourth-order valence-electron chi connectivity index (χ4n) is 9.66. The molecule has 0 saturated heterocycles. The van der Waals surface area contributed by atoms with E-state index in [4.69, 9.17) is 9.47 Å². The molecule has 0 rings (SSSR count). The summed E-state index contributed by atoms with van der Waals surface area (Å²) in [6, 6.07) is 0. The molecule has 0 aromatic heterocycles. The van der Waals surface area contributed by atoms with E-state index in [2.05, 4.69) is 135 Å². The van der Waals surface area contributed by atoms with Crippen LogP contribution in [0.15, 0.2) is 122 Å². The summed E-state index contributed by atoms with van der Waals surface area (Å²) in [6.07, 6.45) is 102. The molecule has 0 bridgehead atoms. The van der Waals surface area contributed by atoms with Crippen LogP contribution in [0.3, 0.4) is 0 Å². The molecule has 0 aliphatic heterocycles. The number of esters is 2. The van der Waals surface area contributed by atoms with Crippen LogP contribution in [0.5, 0.6) is 0 Å². The zero-order valence-electron chi connectivity index (χ0n) is 52.6. The van der Waals surface area contributed by atoms with Crippen LogP contribution in [0.4, 0.5) is 0 Å². The first-order valence-corrected chi connectivity index (χ1v) is 34.1. The Kier molecular flexibility index (Phi) is 66.4. The number of ether oxygens (including phenoxy) is 2. The van der Waals surface area contributed by atoms with Crippen molar-refractivity contribution in [1.82, 2.24) is 0 Å². The monoisotopic (exact) mass is 1110 g/mol. The molecule has 5 heteroatoms. The maximum Gasteiger partial charge on any atom is 0.306 e. The largest absolute Gasteiger partial charge is 0.462 e. The van der Waals surface area contributed by atoms with Crippen LogP contribution < -0.4 is 0 Å². The summed E-state index contributed by atoms with van der Waals surface area (Å²) in [6.45, 7) is 4.03. The van der Waals surface area contributed by atoms with Crippen molar-refractivity contribution >= 4 is 11.9 Å². The van der Waals surface area contributed by atoms with E-state index in [-0.39, 0.29) is 25.2 Å². The summed E-state index contributed by atoms with van der Waals surface area (Å²) in [7, 11) is 0. The van der Waals surface area contributed by atoms with Gasteiger partial charge in [-0.2, -0.15) is 0 Å². The molecule has 0 spiro atoms. The summed E-state index contributed by atoms with van der Waals surface area (Å²) < 4.78 is 10.7.